The summed E-state index contributed by atoms with van der Waals surface area (Å²) < 4.78 is 5.66. The first kappa shape index (κ1) is 14.5. The third-order valence-corrected chi connectivity index (χ3v) is 3.20. The molecule has 0 heterocycles. The fraction of sp³-hybridized carbons (Fsp3) is 0.417. The third-order valence-electron chi connectivity index (χ3n) is 2.31. The number of ether oxygens (including phenoxy) is 1. The van der Waals surface area contributed by atoms with E-state index in [9.17, 15) is 4.79 Å². The lowest BCUT2D eigenvalue weighted by Crippen LogP contribution is -2.33. The van der Waals surface area contributed by atoms with Crippen molar-refractivity contribution in [1.29, 1.82) is 0 Å². The van der Waals surface area contributed by atoms with Crippen molar-refractivity contribution in [3.8, 4) is 0 Å². The molecule has 0 spiro atoms. The van der Waals surface area contributed by atoms with Gasteiger partial charge in [-0.2, -0.15) is 0 Å². The van der Waals surface area contributed by atoms with Crippen LogP contribution in [0, 0.1) is 0 Å². The number of carbonyl (C=O) groups is 1. The van der Waals surface area contributed by atoms with Crippen LogP contribution >= 0.6 is 27.5 Å². The molecule has 0 radical (unpaired) electrons. The standard InChI is InChI=1S/C12H15BrClNO2/c1-8(5-6-17-2)15-12(16)10-4-3-9(14)7-11(10)13/h3-4,7-8H,5-6H2,1-2H3,(H,15,16). The predicted molar refractivity (Wildman–Crippen MR) is 72.6 cm³/mol. The van der Waals surface area contributed by atoms with Crippen LogP contribution in [0.3, 0.4) is 0 Å². The molecule has 94 valence electrons. The van der Waals surface area contributed by atoms with E-state index >= 15 is 0 Å². The normalized spacial score (nSPS) is 12.2. The summed E-state index contributed by atoms with van der Waals surface area (Å²) in [5, 5.41) is 3.50. The van der Waals surface area contributed by atoms with E-state index in [0.29, 0.717) is 21.7 Å². The second kappa shape index (κ2) is 6.99. The average Bonchev–Trinajstić information content (AvgIpc) is 2.26. The molecule has 3 nitrogen and oxygen atoms in total. The fourth-order valence-corrected chi connectivity index (χ4v) is 2.20. The van der Waals surface area contributed by atoms with Gasteiger partial charge in [-0.05, 0) is 47.5 Å². The molecular formula is C12H15BrClNO2. The van der Waals surface area contributed by atoms with E-state index in [4.69, 9.17) is 16.3 Å². The Balaban J connectivity index is 2.63. The molecule has 0 aromatic heterocycles. The van der Waals surface area contributed by atoms with Gasteiger partial charge in [0.2, 0.25) is 0 Å². The van der Waals surface area contributed by atoms with Gasteiger partial charge in [0, 0.05) is 29.3 Å². The Morgan fingerprint density at radius 1 is 1.59 bits per heavy atom. The molecule has 0 fully saturated rings. The lowest BCUT2D eigenvalue weighted by atomic mass is 10.2. The molecule has 0 saturated heterocycles. The summed E-state index contributed by atoms with van der Waals surface area (Å²) in [6, 6.07) is 5.17. The van der Waals surface area contributed by atoms with E-state index in [0.717, 1.165) is 6.42 Å². The van der Waals surface area contributed by atoms with Gasteiger partial charge in [-0.15, -0.1) is 0 Å². The van der Waals surface area contributed by atoms with Crippen molar-refractivity contribution in [2.75, 3.05) is 13.7 Å². The summed E-state index contributed by atoms with van der Waals surface area (Å²) >= 11 is 9.14. The topological polar surface area (TPSA) is 38.3 Å². The Morgan fingerprint density at radius 3 is 2.88 bits per heavy atom. The molecule has 1 aromatic rings. The Hall–Kier alpha value is -0.580. The van der Waals surface area contributed by atoms with Crippen LogP contribution in [0.25, 0.3) is 0 Å². The lowest BCUT2D eigenvalue weighted by molar-refractivity contribution is 0.0929. The summed E-state index contributed by atoms with van der Waals surface area (Å²) in [6.45, 7) is 2.57. The molecule has 5 heteroatoms. The van der Waals surface area contributed by atoms with Crippen LogP contribution in [0.5, 0.6) is 0 Å². The number of methoxy groups -OCH3 is 1. The minimum atomic E-state index is -0.114. The van der Waals surface area contributed by atoms with Gasteiger partial charge in [0.1, 0.15) is 0 Å². The summed E-state index contributed by atoms with van der Waals surface area (Å²) in [4.78, 5) is 11.9. The Kier molecular flexibility index (Phi) is 5.95. The van der Waals surface area contributed by atoms with Gasteiger partial charge in [0.05, 0.1) is 5.56 Å². The number of nitrogens with one attached hydrogen (secondary N) is 1. The predicted octanol–water partition coefficient (Wildman–Crippen LogP) is 3.26. The number of hydrogen-bond donors (Lipinski definition) is 1. The average molecular weight is 321 g/mol. The van der Waals surface area contributed by atoms with Crippen LogP contribution in [0.2, 0.25) is 5.02 Å². The molecule has 1 unspecified atom stereocenters. The SMILES string of the molecule is COCCC(C)NC(=O)c1ccc(Cl)cc1Br. The van der Waals surface area contributed by atoms with E-state index in [1.165, 1.54) is 0 Å². The quantitative estimate of drug-likeness (QED) is 0.904. The van der Waals surface area contributed by atoms with E-state index in [2.05, 4.69) is 21.2 Å². The van der Waals surface area contributed by atoms with Crippen molar-refractivity contribution in [3.63, 3.8) is 0 Å². The molecule has 0 aliphatic carbocycles. The van der Waals surface area contributed by atoms with Crippen LogP contribution in [-0.4, -0.2) is 25.7 Å². The van der Waals surface area contributed by atoms with Crippen molar-refractivity contribution in [2.45, 2.75) is 19.4 Å². The minimum absolute atomic E-state index is 0.0741. The molecule has 0 aliphatic rings. The highest BCUT2D eigenvalue weighted by molar-refractivity contribution is 9.10. The zero-order chi connectivity index (χ0) is 12.8. The molecule has 0 aliphatic heterocycles. The van der Waals surface area contributed by atoms with E-state index in [-0.39, 0.29) is 11.9 Å². The molecule has 0 saturated carbocycles. The smallest absolute Gasteiger partial charge is 0.252 e. The van der Waals surface area contributed by atoms with Gasteiger partial charge in [-0.25, -0.2) is 0 Å². The lowest BCUT2D eigenvalue weighted by Gasteiger charge is -2.14. The maximum atomic E-state index is 11.9. The van der Waals surface area contributed by atoms with Crippen LogP contribution in [0.1, 0.15) is 23.7 Å². The monoisotopic (exact) mass is 319 g/mol. The minimum Gasteiger partial charge on any atom is -0.385 e. The van der Waals surface area contributed by atoms with Gasteiger partial charge in [-0.3, -0.25) is 4.79 Å². The van der Waals surface area contributed by atoms with E-state index in [1.54, 1.807) is 25.3 Å². The van der Waals surface area contributed by atoms with Crippen LogP contribution < -0.4 is 5.32 Å². The second-order valence-corrected chi connectivity index (χ2v) is 5.07. The molecule has 0 bridgehead atoms. The summed E-state index contributed by atoms with van der Waals surface area (Å²) in [7, 11) is 1.64. The van der Waals surface area contributed by atoms with Gasteiger partial charge in [0.25, 0.3) is 5.91 Å². The van der Waals surface area contributed by atoms with E-state index in [1.807, 2.05) is 6.92 Å². The molecular weight excluding hydrogens is 305 g/mol. The Labute approximate surface area is 115 Å². The summed E-state index contributed by atoms with van der Waals surface area (Å²) in [5.74, 6) is -0.114. The first-order valence-electron chi connectivity index (χ1n) is 5.29. The van der Waals surface area contributed by atoms with Crippen molar-refractivity contribution < 1.29 is 9.53 Å². The fourth-order valence-electron chi connectivity index (χ4n) is 1.34. The molecule has 1 amide bonds. The van der Waals surface area contributed by atoms with Gasteiger partial charge >= 0.3 is 0 Å². The van der Waals surface area contributed by atoms with E-state index < -0.39 is 0 Å². The molecule has 1 N–H and O–H groups in total. The van der Waals surface area contributed by atoms with Crippen LogP contribution in [0.4, 0.5) is 0 Å². The summed E-state index contributed by atoms with van der Waals surface area (Å²) in [5.41, 5.74) is 0.582. The zero-order valence-corrected chi connectivity index (χ0v) is 12.1. The number of hydrogen-bond acceptors (Lipinski definition) is 2. The zero-order valence-electron chi connectivity index (χ0n) is 9.80. The van der Waals surface area contributed by atoms with Gasteiger partial charge < -0.3 is 10.1 Å². The third kappa shape index (κ3) is 4.66. The van der Waals surface area contributed by atoms with Crippen molar-refractivity contribution >= 4 is 33.4 Å². The molecule has 17 heavy (non-hydrogen) atoms. The Bertz CT molecular complexity index is 398. The largest absolute Gasteiger partial charge is 0.385 e. The van der Waals surface area contributed by atoms with Crippen LogP contribution in [-0.2, 0) is 4.74 Å². The van der Waals surface area contributed by atoms with Crippen molar-refractivity contribution in [3.05, 3.63) is 33.3 Å². The Morgan fingerprint density at radius 2 is 2.29 bits per heavy atom. The maximum absolute atomic E-state index is 11.9. The number of carbonyl (C=O) groups excluding carboxylic acids is 1. The first-order chi connectivity index (χ1) is 8.04. The number of halogens is 2. The maximum Gasteiger partial charge on any atom is 0.252 e. The van der Waals surface area contributed by atoms with Crippen molar-refractivity contribution in [2.24, 2.45) is 0 Å². The second-order valence-electron chi connectivity index (χ2n) is 3.78. The van der Waals surface area contributed by atoms with Crippen molar-refractivity contribution in [1.82, 2.24) is 5.32 Å². The van der Waals surface area contributed by atoms with Gasteiger partial charge in [-0.1, -0.05) is 11.6 Å². The highest BCUT2D eigenvalue weighted by atomic mass is 79.9. The first-order valence-corrected chi connectivity index (χ1v) is 6.46. The molecule has 1 rings (SSSR count). The van der Waals surface area contributed by atoms with Crippen LogP contribution in [0.15, 0.2) is 22.7 Å². The number of benzene rings is 1. The highest BCUT2D eigenvalue weighted by Gasteiger charge is 2.12. The highest BCUT2D eigenvalue weighted by Crippen LogP contribution is 2.21. The van der Waals surface area contributed by atoms with Gasteiger partial charge in [0.15, 0.2) is 0 Å². The number of amides is 1. The summed E-state index contributed by atoms with van der Waals surface area (Å²) in [6.07, 6.45) is 0.785. The molecule has 1 aromatic carbocycles. The molecule has 1 atom stereocenters. The number of rotatable bonds is 5.